The van der Waals surface area contributed by atoms with Crippen molar-refractivity contribution in [3.05, 3.63) is 145 Å². The first-order valence-electron chi connectivity index (χ1n) is 19.1. The number of fused-ring (bicyclic) bond motifs is 4. The van der Waals surface area contributed by atoms with Crippen molar-refractivity contribution in [3.63, 3.8) is 0 Å². The van der Waals surface area contributed by atoms with Crippen LogP contribution >= 0.6 is 0 Å². The molecular weight excluding hydrogens is 822 g/mol. The molecular formula is C45H41N5OPt-2. The quantitative estimate of drug-likeness (QED) is 0.118. The van der Waals surface area contributed by atoms with E-state index < -0.39 is 23.6 Å². The third kappa shape index (κ3) is 7.18. The van der Waals surface area contributed by atoms with Gasteiger partial charge in [0.25, 0.3) is 6.33 Å². The fourth-order valence-electron chi connectivity index (χ4n) is 6.44. The molecule has 0 unspecified atom stereocenters. The Kier molecular flexibility index (Phi) is 8.12. The molecule has 7 heteroatoms. The van der Waals surface area contributed by atoms with Gasteiger partial charge in [-0.25, -0.2) is 4.98 Å². The van der Waals surface area contributed by atoms with Crippen molar-refractivity contribution in [2.75, 3.05) is 0 Å². The number of pyridine rings is 2. The molecule has 4 heterocycles. The SMILES string of the molecule is [2H]C([2H])(c1cccc(-[n+]2[c-]n(-c3[c-]c(Oc4[c-]c5c(cc4)c4ccccc4n5-c4cc(C([2H])([2H])C(C)(C)C)ccn4)ccn3)c3ccccc32)c1)C(C)(C)C.[Pt]. The van der Waals surface area contributed by atoms with E-state index in [9.17, 15) is 0 Å². The Labute approximate surface area is 325 Å². The summed E-state index contributed by atoms with van der Waals surface area (Å²) in [5.74, 6) is 1.96. The minimum atomic E-state index is -1.59. The van der Waals surface area contributed by atoms with E-state index >= 15 is 0 Å². The maximum Gasteiger partial charge on any atom is 0.269 e. The molecule has 0 aliphatic heterocycles. The normalized spacial score (nSPS) is 13.7. The summed E-state index contributed by atoms with van der Waals surface area (Å²) in [5, 5.41) is 1.98. The van der Waals surface area contributed by atoms with Crippen LogP contribution in [0.4, 0.5) is 0 Å². The fraction of sp³-hybridized carbons (Fsp3) is 0.222. The van der Waals surface area contributed by atoms with Crippen LogP contribution in [0.15, 0.2) is 116 Å². The van der Waals surface area contributed by atoms with Crippen molar-refractivity contribution >= 4 is 32.8 Å². The standard InChI is InChI=1S/C45H41N5O.Pt/c1-44(2,3)28-31-12-11-13-33(24-31)48-30-49(40-17-10-9-16-39(40)48)42-27-35(21-23-46-42)51-34-18-19-37-36-14-7-8-15-38(36)50(41(37)26-34)43-25-32(20-22-47-43)29-45(4,5)6;/h7-25H,28-29H2,1-6H3;/q-2;/i28D2,29D2;. The van der Waals surface area contributed by atoms with Crippen molar-refractivity contribution in [3.8, 4) is 28.8 Å². The van der Waals surface area contributed by atoms with Gasteiger partial charge >= 0.3 is 0 Å². The molecule has 0 aliphatic carbocycles. The third-order valence-electron chi connectivity index (χ3n) is 8.33. The molecule has 4 aromatic heterocycles. The minimum absolute atomic E-state index is 0. The molecule has 0 amide bonds. The molecule has 0 N–H and O–H groups in total. The molecule has 0 atom stereocenters. The summed E-state index contributed by atoms with van der Waals surface area (Å²) in [6.07, 6.45) is 3.62. The van der Waals surface area contributed by atoms with Crippen LogP contribution in [-0.2, 0) is 33.8 Å². The second-order valence-corrected chi connectivity index (χ2v) is 14.8. The molecule has 8 rings (SSSR count). The van der Waals surface area contributed by atoms with Gasteiger partial charge in [-0.2, -0.15) is 18.2 Å². The first-order valence-corrected chi connectivity index (χ1v) is 17.1. The van der Waals surface area contributed by atoms with Gasteiger partial charge in [-0.1, -0.05) is 113 Å². The number of nitrogens with zero attached hydrogens (tertiary/aromatic N) is 5. The van der Waals surface area contributed by atoms with Gasteiger partial charge in [0.1, 0.15) is 5.82 Å². The zero-order valence-corrected chi connectivity index (χ0v) is 32.2. The molecule has 52 heavy (non-hydrogen) atoms. The van der Waals surface area contributed by atoms with Gasteiger partial charge in [-0.15, -0.1) is 17.5 Å². The van der Waals surface area contributed by atoms with E-state index in [0.717, 1.165) is 38.5 Å². The molecule has 264 valence electrons. The van der Waals surface area contributed by atoms with Crippen LogP contribution in [0, 0.1) is 29.3 Å². The van der Waals surface area contributed by atoms with Gasteiger partial charge in [0.2, 0.25) is 0 Å². The van der Waals surface area contributed by atoms with Crippen molar-refractivity contribution < 1.29 is 35.9 Å². The van der Waals surface area contributed by atoms with Crippen LogP contribution in [0.2, 0.25) is 0 Å². The third-order valence-corrected chi connectivity index (χ3v) is 8.33. The van der Waals surface area contributed by atoms with Gasteiger partial charge in [-0.05, 0) is 70.6 Å². The van der Waals surface area contributed by atoms with Crippen molar-refractivity contribution in [1.29, 1.82) is 0 Å². The van der Waals surface area contributed by atoms with Crippen LogP contribution in [0.25, 0.3) is 50.2 Å². The summed E-state index contributed by atoms with van der Waals surface area (Å²) < 4.78 is 47.7. The molecule has 0 aliphatic rings. The van der Waals surface area contributed by atoms with Crippen molar-refractivity contribution in [2.24, 2.45) is 10.8 Å². The maximum absolute atomic E-state index is 8.92. The number of benzene rings is 4. The number of para-hydroxylation sites is 3. The predicted molar refractivity (Wildman–Crippen MR) is 204 cm³/mol. The first-order chi connectivity index (χ1) is 26.0. The van der Waals surface area contributed by atoms with E-state index in [1.807, 2.05) is 140 Å². The Morgan fingerprint density at radius 2 is 1.38 bits per heavy atom. The summed E-state index contributed by atoms with van der Waals surface area (Å²) in [6.45, 7) is 11.4. The van der Waals surface area contributed by atoms with Crippen molar-refractivity contribution in [2.45, 2.75) is 54.3 Å². The number of ether oxygens (including phenoxy) is 1. The van der Waals surface area contributed by atoms with Gasteiger partial charge in [-0.3, -0.25) is 14.1 Å². The zero-order valence-electron chi connectivity index (χ0n) is 33.9. The Morgan fingerprint density at radius 1 is 0.692 bits per heavy atom. The second-order valence-electron chi connectivity index (χ2n) is 14.8. The molecule has 6 nitrogen and oxygen atoms in total. The largest absolute Gasteiger partial charge is 0.522 e. The average Bonchev–Trinajstić information content (AvgIpc) is 3.70. The van der Waals surface area contributed by atoms with Gasteiger partial charge in [0.15, 0.2) is 0 Å². The predicted octanol–water partition coefficient (Wildman–Crippen LogP) is 10.2. The summed E-state index contributed by atoms with van der Waals surface area (Å²) >= 11 is 0. The number of rotatable bonds is 7. The van der Waals surface area contributed by atoms with Crippen LogP contribution in [0.5, 0.6) is 11.5 Å². The molecule has 0 saturated heterocycles. The Morgan fingerprint density at radius 3 is 2.17 bits per heavy atom. The molecule has 0 fully saturated rings. The topological polar surface area (TPSA) is 48.8 Å². The zero-order chi connectivity index (χ0) is 38.9. The average molecular weight is 867 g/mol. The molecule has 4 aromatic carbocycles. The Bertz CT molecular complexity index is 2740. The minimum Gasteiger partial charge on any atom is -0.522 e. The van der Waals surface area contributed by atoms with Gasteiger partial charge in [0.05, 0.1) is 22.5 Å². The first kappa shape index (κ1) is 30.6. The Balaban J connectivity index is 0.00000480. The van der Waals surface area contributed by atoms with Crippen LogP contribution < -0.4 is 9.30 Å². The monoisotopic (exact) mass is 866 g/mol. The van der Waals surface area contributed by atoms with Crippen LogP contribution in [-0.4, -0.2) is 19.1 Å². The summed E-state index contributed by atoms with van der Waals surface area (Å²) in [7, 11) is 0. The van der Waals surface area contributed by atoms with Gasteiger partial charge < -0.3 is 9.30 Å². The fourth-order valence-corrected chi connectivity index (χ4v) is 6.44. The molecule has 0 radical (unpaired) electrons. The van der Waals surface area contributed by atoms with E-state index in [0.29, 0.717) is 34.3 Å². The molecule has 0 saturated carbocycles. The van der Waals surface area contributed by atoms with Crippen LogP contribution in [0.1, 0.15) is 58.2 Å². The van der Waals surface area contributed by atoms with E-state index in [1.54, 1.807) is 24.5 Å². The van der Waals surface area contributed by atoms with Crippen molar-refractivity contribution in [1.82, 2.24) is 19.1 Å². The molecule has 0 spiro atoms. The van der Waals surface area contributed by atoms with Gasteiger partial charge in [0, 0.05) is 44.0 Å². The second kappa shape index (κ2) is 13.8. The van der Waals surface area contributed by atoms with E-state index in [1.165, 1.54) is 0 Å². The summed E-state index contributed by atoms with van der Waals surface area (Å²) in [5.41, 5.74) is 4.09. The van der Waals surface area contributed by atoms with E-state index in [-0.39, 0.29) is 21.1 Å². The van der Waals surface area contributed by atoms with E-state index in [4.69, 9.17) is 15.2 Å². The smallest absolute Gasteiger partial charge is 0.269 e. The number of aromatic nitrogens is 5. The Hall–Kier alpha value is -5.06. The summed E-state index contributed by atoms with van der Waals surface area (Å²) in [4.78, 5) is 9.35. The number of hydrogen-bond donors (Lipinski definition) is 0. The van der Waals surface area contributed by atoms with E-state index in [2.05, 4.69) is 29.5 Å². The number of imidazole rings is 1. The van der Waals surface area contributed by atoms with Crippen LogP contribution in [0.3, 0.4) is 0 Å². The summed E-state index contributed by atoms with van der Waals surface area (Å²) in [6, 6.07) is 39.5. The molecule has 8 aromatic rings. The number of hydrogen-bond acceptors (Lipinski definition) is 3. The molecule has 0 bridgehead atoms. The maximum atomic E-state index is 8.92.